The number of allylic oxidation sites excluding steroid dienone is 2. The minimum atomic E-state index is -0.926. The number of carbonyl (C=O) groups is 2. The van der Waals surface area contributed by atoms with Crippen LogP contribution in [0.4, 0.5) is 0 Å². The molecular formula is C22H28N4O2S2. The summed E-state index contributed by atoms with van der Waals surface area (Å²) < 4.78 is 0. The molecule has 1 unspecified atom stereocenters. The van der Waals surface area contributed by atoms with Crippen LogP contribution in [0.15, 0.2) is 54.1 Å². The van der Waals surface area contributed by atoms with E-state index in [0.717, 1.165) is 24.0 Å². The fourth-order valence-corrected chi connectivity index (χ4v) is 3.43. The molecule has 2 amide bonds. The van der Waals surface area contributed by atoms with Gasteiger partial charge in [0.1, 0.15) is 15.9 Å². The summed E-state index contributed by atoms with van der Waals surface area (Å²) in [7, 11) is 0. The summed E-state index contributed by atoms with van der Waals surface area (Å²) in [5.74, 6) is -1.80. The Hall–Kier alpha value is -2.58. The fraction of sp³-hybridized carbons (Fsp3) is 0.364. The van der Waals surface area contributed by atoms with Gasteiger partial charge >= 0.3 is 0 Å². The zero-order valence-electron chi connectivity index (χ0n) is 17.6. The van der Waals surface area contributed by atoms with E-state index < -0.39 is 17.7 Å². The lowest BCUT2D eigenvalue weighted by Gasteiger charge is -2.28. The Morgan fingerprint density at radius 2 is 1.53 bits per heavy atom. The number of nitrogens with one attached hydrogen (secondary N) is 2. The highest BCUT2D eigenvalue weighted by Crippen LogP contribution is 2.13. The first kappa shape index (κ1) is 23.7. The van der Waals surface area contributed by atoms with Crippen LogP contribution in [-0.4, -0.2) is 44.9 Å². The van der Waals surface area contributed by atoms with Crippen LogP contribution in [0.3, 0.4) is 0 Å². The third kappa shape index (κ3) is 6.21. The Bertz CT molecular complexity index is 852. The molecule has 0 saturated carbocycles. The number of nitrogens with zero attached hydrogens (tertiary/aromatic N) is 2. The van der Waals surface area contributed by atoms with Gasteiger partial charge in [0.2, 0.25) is 0 Å². The molecular weight excluding hydrogens is 416 g/mol. The number of hydrazine groups is 2. The molecule has 1 aromatic rings. The summed E-state index contributed by atoms with van der Waals surface area (Å²) >= 11 is 11.0. The number of rotatable bonds is 6. The number of amides is 2. The van der Waals surface area contributed by atoms with Crippen LogP contribution in [-0.2, 0) is 9.59 Å². The van der Waals surface area contributed by atoms with Crippen LogP contribution in [0.25, 0.3) is 0 Å². The lowest BCUT2D eigenvalue weighted by Crippen LogP contribution is -2.53. The summed E-state index contributed by atoms with van der Waals surface area (Å²) in [5.41, 5.74) is 7.24. The first-order chi connectivity index (χ1) is 14.4. The summed E-state index contributed by atoms with van der Waals surface area (Å²) in [6.07, 6.45) is 7.98. The SMILES string of the molecule is CCN(NC(=O)C(C)C(=O)NN(CC)C(=S)c1ccccc1)C(=S)C1=CCCC=C1. The molecule has 1 atom stereocenters. The van der Waals surface area contributed by atoms with Gasteiger partial charge in [0.15, 0.2) is 0 Å². The van der Waals surface area contributed by atoms with E-state index in [9.17, 15) is 9.59 Å². The molecule has 1 aromatic carbocycles. The fourth-order valence-electron chi connectivity index (χ4n) is 2.79. The van der Waals surface area contributed by atoms with Crippen LogP contribution in [0, 0.1) is 5.92 Å². The second-order valence-corrected chi connectivity index (χ2v) is 7.55. The maximum atomic E-state index is 12.7. The van der Waals surface area contributed by atoms with Crippen molar-refractivity contribution in [2.45, 2.75) is 33.6 Å². The lowest BCUT2D eigenvalue weighted by atomic mass is 10.1. The summed E-state index contributed by atoms with van der Waals surface area (Å²) in [6.45, 7) is 6.29. The predicted molar refractivity (Wildman–Crippen MR) is 127 cm³/mol. The Labute approximate surface area is 188 Å². The molecule has 0 radical (unpaired) electrons. The van der Waals surface area contributed by atoms with Crippen LogP contribution >= 0.6 is 24.4 Å². The van der Waals surface area contributed by atoms with Crippen LogP contribution in [0.1, 0.15) is 39.2 Å². The van der Waals surface area contributed by atoms with E-state index in [1.807, 2.05) is 50.3 Å². The highest BCUT2D eigenvalue weighted by Gasteiger charge is 2.26. The van der Waals surface area contributed by atoms with Crippen molar-refractivity contribution in [1.29, 1.82) is 0 Å². The molecule has 30 heavy (non-hydrogen) atoms. The Balaban J connectivity index is 1.99. The van der Waals surface area contributed by atoms with Crippen molar-refractivity contribution in [3.63, 3.8) is 0 Å². The molecule has 1 aliphatic carbocycles. The van der Waals surface area contributed by atoms with Crippen molar-refractivity contribution in [2.24, 2.45) is 5.92 Å². The Morgan fingerprint density at radius 3 is 2.03 bits per heavy atom. The van der Waals surface area contributed by atoms with Gasteiger partial charge in [0, 0.05) is 24.2 Å². The number of hydrogen-bond donors (Lipinski definition) is 2. The van der Waals surface area contributed by atoms with E-state index in [4.69, 9.17) is 24.4 Å². The van der Waals surface area contributed by atoms with Gasteiger partial charge in [-0.05, 0) is 33.6 Å². The monoisotopic (exact) mass is 444 g/mol. The molecule has 6 nitrogen and oxygen atoms in total. The molecule has 8 heteroatoms. The van der Waals surface area contributed by atoms with E-state index >= 15 is 0 Å². The van der Waals surface area contributed by atoms with Gasteiger partial charge in [-0.1, -0.05) is 73.0 Å². The topological polar surface area (TPSA) is 64.7 Å². The molecule has 1 aliphatic rings. The van der Waals surface area contributed by atoms with Crippen molar-refractivity contribution in [1.82, 2.24) is 20.9 Å². The standard InChI is InChI=1S/C22H28N4O2S2/c1-4-25(21(29)17-12-8-6-9-13-17)23-19(27)16(3)20(28)24-26(5-2)22(30)18-14-10-7-11-15-18/h6,8-10,12-16H,4-5,7,11H2,1-3H3,(H,23,27)(H,24,28). The largest absolute Gasteiger partial charge is 0.274 e. The average molecular weight is 445 g/mol. The van der Waals surface area contributed by atoms with E-state index in [-0.39, 0.29) is 0 Å². The van der Waals surface area contributed by atoms with Crippen molar-refractivity contribution in [2.75, 3.05) is 13.1 Å². The zero-order valence-corrected chi connectivity index (χ0v) is 19.2. The first-order valence-corrected chi connectivity index (χ1v) is 10.9. The van der Waals surface area contributed by atoms with Gasteiger partial charge in [-0.3, -0.25) is 30.5 Å². The van der Waals surface area contributed by atoms with Crippen LogP contribution < -0.4 is 10.9 Å². The van der Waals surface area contributed by atoms with Gasteiger partial charge in [-0.25, -0.2) is 0 Å². The first-order valence-electron chi connectivity index (χ1n) is 10.1. The maximum absolute atomic E-state index is 12.7. The molecule has 0 aliphatic heterocycles. The third-order valence-electron chi connectivity index (χ3n) is 4.66. The Kier molecular flexibility index (Phi) is 9.14. The predicted octanol–water partition coefficient (Wildman–Crippen LogP) is 3.31. The third-order valence-corrected chi connectivity index (χ3v) is 5.57. The second-order valence-electron chi connectivity index (χ2n) is 6.78. The smallest absolute Gasteiger partial charge is 0.250 e. The van der Waals surface area contributed by atoms with Crippen LogP contribution in [0.2, 0.25) is 0 Å². The second kappa shape index (κ2) is 11.6. The maximum Gasteiger partial charge on any atom is 0.250 e. The molecule has 0 aromatic heterocycles. The van der Waals surface area contributed by atoms with E-state index in [1.54, 1.807) is 16.9 Å². The zero-order chi connectivity index (χ0) is 22.1. The van der Waals surface area contributed by atoms with Crippen molar-refractivity contribution in [3.05, 3.63) is 59.7 Å². The van der Waals surface area contributed by atoms with Crippen LogP contribution in [0.5, 0.6) is 0 Å². The van der Waals surface area contributed by atoms with Crippen molar-refractivity contribution < 1.29 is 9.59 Å². The minimum absolute atomic E-state index is 0.432. The number of likely N-dealkylation sites (N-methyl/N-ethyl adjacent to an activating group) is 1. The lowest BCUT2D eigenvalue weighted by molar-refractivity contribution is -0.138. The molecule has 0 heterocycles. The van der Waals surface area contributed by atoms with Gasteiger partial charge in [-0.2, -0.15) is 0 Å². The average Bonchev–Trinajstić information content (AvgIpc) is 2.80. The molecule has 0 bridgehead atoms. The molecule has 0 fully saturated rings. The highest BCUT2D eigenvalue weighted by molar-refractivity contribution is 7.81. The summed E-state index contributed by atoms with van der Waals surface area (Å²) in [4.78, 5) is 26.4. The van der Waals surface area contributed by atoms with Gasteiger partial charge in [-0.15, -0.1) is 0 Å². The normalized spacial score (nSPS) is 13.6. The van der Waals surface area contributed by atoms with E-state index in [0.29, 0.717) is 23.1 Å². The van der Waals surface area contributed by atoms with Crippen molar-refractivity contribution >= 4 is 46.2 Å². The number of carbonyl (C=O) groups excluding carboxylic acids is 2. The van der Waals surface area contributed by atoms with Gasteiger partial charge < -0.3 is 0 Å². The van der Waals surface area contributed by atoms with Crippen molar-refractivity contribution in [3.8, 4) is 0 Å². The number of thiocarbonyl (C=S) groups is 2. The van der Waals surface area contributed by atoms with E-state index in [1.165, 1.54) is 0 Å². The van der Waals surface area contributed by atoms with E-state index in [2.05, 4.69) is 23.0 Å². The molecule has 2 rings (SSSR count). The van der Waals surface area contributed by atoms with Gasteiger partial charge in [0.25, 0.3) is 11.8 Å². The number of hydrogen-bond acceptors (Lipinski definition) is 4. The molecule has 2 N–H and O–H groups in total. The number of benzene rings is 1. The quantitative estimate of drug-likeness (QED) is 0.399. The Morgan fingerprint density at radius 1 is 0.967 bits per heavy atom. The summed E-state index contributed by atoms with van der Waals surface area (Å²) in [5, 5.41) is 3.16. The molecule has 0 saturated heterocycles. The minimum Gasteiger partial charge on any atom is -0.274 e. The van der Waals surface area contributed by atoms with Gasteiger partial charge in [0.05, 0.1) is 0 Å². The highest BCUT2D eigenvalue weighted by atomic mass is 32.1. The summed E-state index contributed by atoms with van der Waals surface area (Å²) in [6, 6.07) is 9.42. The molecule has 160 valence electrons. The molecule has 0 spiro atoms.